The minimum atomic E-state index is -2.93. The summed E-state index contributed by atoms with van der Waals surface area (Å²) in [5.41, 5.74) is -0.236. The first-order valence-electron chi connectivity index (χ1n) is 7.47. The number of rotatable bonds is 9. The molecule has 8 heteroatoms. The summed E-state index contributed by atoms with van der Waals surface area (Å²) in [5, 5.41) is 0. The van der Waals surface area contributed by atoms with Crippen LogP contribution in [0.25, 0.3) is 0 Å². The van der Waals surface area contributed by atoms with Crippen molar-refractivity contribution in [1.29, 1.82) is 0 Å². The molecule has 0 amide bonds. The standard InChI is InChI=1S/C13H34O4Si4/c1-12-14-13(2)21(15-18(3,4)5,16-19(6,7)8)17-20(9,10)11/h12-13H,1H2,2-11H3. The van der Waals surface area contributed by atoms with Gasteiger partial charge in [-0.15, -0.1) is 0 Å². The largest absolute Gasteiger partial charge is 0.512 e. The third-order valence-electron chi connectivity index (χ3n) is 2.14. The molecule has 0 N–H and O–H groups in total. The highest BCUT2D eigenvalue weighted by atomic mass is 28.5. The maximum absolute atomic E-state index is 6.52. The van der Waals surface area contributed by atoms with Gasteiger partial charge in [0.15, 0.2) is 30.7 Å². The summed E-state index contributed by atoms with van der Waals surface area (Å²) < 4.78 is 25.2. The van der Waals surface area contributed by atoms with Crippen molar-refractivity contribution in [1.82, 2.24) is 0 Å². The van der Waals surface area contributed by atoms with E-state index in [1.165, 1.54) is 6.26 Å². The Bertz CT molecular complexity index is 301. The topological polar surface area (TPSA) is 36.9 Å². The van der Waals surface area contributed by atoms with Gasteiger partial charge >= 0.3 is 8.80 Å². The van der Waals surface area contributed by atoms with Gasteiger partial charge in [-0.1, -0.05) is 6.58 Å². The van der Waals surface area contributed by atoms with Gasteiger partial charge in [0, 0.05) is 0 Å². The first kappa shape index (κ1) is 21.3. The van der Waals surface area contributed by atoms with Gasteiger partial charge in [-0.05, 0) is 65.8 Å². The highest BCUT2D eigenvalue weighted by Gasteiger charge is 2.55. The summed E-state index contributed by atoms with van der Waals surface area (Å²) in [6.45, 7) is 25.1. The fraction of sp³-hybridized carbons (Fsp3) is 0.846. The van der Waals surface area contributed by atoms with Crippen LogP contribution in [0.15, 0.2) is 12.8 Å². The molecule has 0 aliphatic rings. The molecule has 0 fully saturated rings. The summed E-state index contributed by atoms with van der Waals surface area (Å²) >= 11 is 0. The predicted molar refractivity (Wildman–Crippen MR) is 99.8 cm³/mol. The summed E-state index contributed by atoms with van der Waals surface area (Å²) in [6, 6.07) is 0. The molecule has 1 unspecified atom stereocenters. The Labute approximate surface area is 135 Å². The van der Waals surface area contributed by atoms with E-state index in [4.69, 9.17) is 17.1 Å². The third-order valence-corrected chi connectivity index (χ3v) is 14.0. The van der Waals surface area contributed by atoms with Crippen LogP contribution in [-0.2, 0) is 17.1 Å². The van der Waals surface area contributed by atoms with E-state index in [1.807, 2.05) is 6.92 Å². The van der Waals surface area contributed by atoms with Crippen LogP contribution in [0.3, 0.4) is 0 Å². The molecular formula is C13H34O4Si4. The molecule has 0 rings (SSSR count). The maximum atomic E-state index is 6.52. The van der Waals surface area contributed by atoms with Gasteiger partial charge in [-0.2, -0.15) is 0 Å². The lowest BCUT2D eigenvalue weighted by molar-refractivity contribution is 0.127. The van der Waals surface area contributed by atoms with Crippen molar-refractivity contribution >= 4 is 33.8 Å². The van der Waals surface area contributed by atoms with Crippen molar-refractivity contribution in [3.63, 3.8) is 0 Å². The number of hydrogen-bond acceptors (Lipinski definition) is 4. The maximum Gasteiger partial charge on any atom is 0.512 e. The van der Waals surface area contributed by atoms with E-state index in [-0.39, 0.29) is 5.73 Å². The molecule has 0 aromatic heterocycles. The van der Waals surface area contributed by atoms with Crippen LogP contribution in [-0.4, -0.2) is 39.5 Å². The second kappa shape index (κ2) is 7.24. The lowest BCUT2D eigenvalue weighted by Crippen LogP contribution is -2.66. The van der Waals surface area contributed by atoms with Crippen LogP contribution in [0.5, 0.6) is 0 Å². The summed E-state index contributed by atoms with van der Waals surface area (Å²) in [6.07, 6.45) is 1.46. The zero-order chi connectivity index (χ0) is 17.1. The van der Waals surface area contributed by atoms with Gasteiger partial charge in [-0.3, -0.25) is 0 Å². The number of ether oxygens (including phenoxy) is 1. The normalized spacial score (nSPS) is 15.7. The van der Waals surface area contributed by atoms with E-state index in [1.54, 1.807) is 0 Å². The molecule has 0 bridgehead atoms. The van der Waals surface area contributed by atoms with Crippen LogP contribution in [0.4, 0.5) is 0 Å². The van der Waals surface area contributed by atoms with Gasteiger partial charge in [0.1, 0.15) is 0 Å². The molecule has 0 aliphatic heterocycles. The smallest absolute Gasteiger partial charge is 0.494 e. The lowest BCUT2D eigenvalue weighted by atomic mass is 10.8. The second-order valence-electron chi connectivity index (χ2n) is 8.19. The van der Waals surface area contributed by atoms with E-state index in [9.17, 15) is 0 Å². The Morgan fingerprint density at radius 3 is 1.19 bits per heavy atom. The molecule has 0 heterocycles. The van der Waals surface area contributed by atoms with Gasteiger partial charge < -0.3 is 17.1 Å². The molecule has 21 heavy (non-hydrogen) atoms. The Morgan fingerprint density at radius 2 is 1.00 bits per heavy atom. The van der Waals surface area contributed by atoms with Crippen molar-refractivity contribution in [3.8, 4) is 0 Å². The van der Waals surface area contributed by atoms with Crippen LogP contribution >= 0.6 is 0 Å². The first-order valence-corrected chi connectivity index (χ1v) is 19.5. The van der Waals surface area contributed by atoms with Crippen LogP contribution in [0, 0.1) is 0 Å². The number of hydrogen-bond donors (Lipinski definition) is 0. The molecule has 0 saturated heterocycles. The monoisotopic (exact) mass is 366 g/mol. The molecule has 0 spiro atoms. The molecule has 0 aliphatic carbocycles. The van der Waals surface area contributed by atoms with E-state index < -0.39 is 33.8 Å². The van der Waals surface area contributed by atoms with Crippen LogP contribution in [0.1, 0.15) is 6.92 Å². The van der Waals surface area contributed by atoms with E-state index >= 15 is 0 Å². The molecule has 0 saturated carbocycles. The van der Waals surface area contributed by atoms with Gasteiger partial charge in [0.25, 0.3) is 0 Å². The fourth-order valence-corrected chi connectivity index (χ4v) is 15.9. The highest BCUT2D eigenvalue weighted by Crippen LogP contribution is 2.29. The molecule has 4 nitrogen and oxygen atoms in total. The van der Waals surface area contributed by atoms with Gasteiger partial charge in [-0.25, -0.2) is 0 Å². The second-order valence-corrected chi connectivity index (χ2v) is 25.3. The Morgan fingerprint density at radius 1 is 0.714 bits per heavy atom. The quantitative estimate of drug-likeness (QED) is 0.442. The lowest BCUT2D eigenvalue weighted by Gasteiger charge is -2.44. The Hall–Kier alpha value is 0.288. The van der Waals surface area contributed by atoms with Gasteiger partial charge in [0.2, 0.25) is 0 Å². The van der Waals surface area contributed by atoms with Crippen molar-refractivity contribution in [2.24, 2.45) is 0 Å². The average molecular weight is 367 g/mol. The van der Waals surface area contributed by atoms with E-state index in [0.29, 0.717) is 0 Å². The van der Waals surface area contributed by atoms with Gasteiger partial charge in [0.05, 0.1) is 6.26 Å². The molecule has 1 atom stereocenters. The Balaban J connectivity index is 5.74. The summed E-state index contributed by atoms with van der Waals surface area (Å²) in [4.78, 5) is 0. The minimum Gasteiger partial charge on any atom is -0.494 e. The van der Waals surface area contributed by atoms with E-state index in [0.717, 1.165) is 0 Å². The molecule has 0 radical (unpaired) electrons. The van der Waals surface area contributed by atoms with Crippen molar-refractivity contribution < 1.29 is 17.1 Å². The van der Waals surface area contributed by atoms with E-state index in [2.05, 4.69) is 65.5 Å². The molecule has 126 valence electrons. The highest BCUT2D eigenvalue weighted by molar-refractivity contribution is 6.90. The zero-order valence-electron chi connectivity index (χ0n) is 15.5. The SMILES string of the molecule is C=COC(C)[Si](O[Si](C)(C)C)(O[Si](C)(C)C)O[Si](C)(C)C. The molecular weight excluding hydrogens is 332 g/mol. The summed E-state index contributed by atoms with van der Waals surface area (Å²) in [7, 11) is -8.46. The average Bonchev–Trinajstić information content (AvgIpc) is 2.08. The fourth-order valence-electron chi connectivity index (χ4n) is 1.82. The summed E-state index contributed by atoms with van der Waals surface area (Å²) in [5.74, 6) is 0. The van der Waals surface area contributed by atoms with Crippen molar-refractivity contribution in [2.45, 2.75) is 71.6 Å². The van der Waals surface area contributed by atoms with Crippen LogP contribution in [0.2, 0.25) is 58.9 Å². The third kappa shape index (κ3) is 9.11. The van der Waals surface area contributed by atoms with Crippen molar-refractivity contribution in [3.05, 3.63) is 12.8 Å². The predicted octanol–water partition coefficient (Wildman–Crippen LogP) is 4.57. The molecule has 0 aromatic carbocycles. The Kier molecular flexibility index (Phi) is 7.34. The first-order chi connectivity index (χ1) is 9.10. The molecule has 0 aromatic rings. The minimum absolute atomic E-state index is 0.236. The van der Waals surface area contributed by atoms with Crippen molar-refractivity contribution in [2.75, 3.05) is 0 Å². The van der Waals surface area contributed by atoms with Crippen LogP contribution < -0.4 is 0 Å². The zero-order valence-corrected chi connectivity index (χ0v) is 19.5.